The lowest BCUT2D eigenvalue weighted by Crippen LogP contribution is -1.77. The summed E-state index contributed by atoms with van der Waals surface area (Å²) < 4.78 is 0. The first-order valence-electron chi connectivity index (χ1n) is 1.87. The molecule has 0 amide bonds. The Morgan fingerprint density at radius 2 is 2.33 bits per heavy atom. The molecule has 0 fully saturated rings. The molecule has 34 valence electrons. The second-order valence-electron chi connectivity index (χ2n) is 1.07. The van der Waals surface area contributed by atoms with Gasteiger partial charge in [-0.1, -0.05) is 6.58 Å². The maximum atomic E-state index is 3.81. The SMILES string of the molecule is C=C/C(C)=N/C. The van der Waals surface area contributed by atoms with Gasteiger partial charge in [-0.25, -0.2) is 0 Å². The molecule has 0 aromatic heterocycles. The van der Waals surface area contributed by atoms with Crippen molar-refractivity contribution in [1.82, 2.24) is 0 Å². The van der Waals surface area contributed by atoms with Gasteiger partial charge in [0.2, 0.25) is 0 Å². The predicted molar refractivity (Wildman–Crippen MR) is 29.2 cm³/mol. The Kier molecular flexibility index (Phi) is 2.38. The molecule has 0 aliphatic carbocycles. The van der Waals surface area contributed by atoms with Crippen LogP contribution in [0.2, 0.25) is 0 Å². The van der Waals surface area contributed by atoms with Crippen molar-refractivity contribution < 1.29 is 0 Å². The second-order valence-corrected chi connectivity index (χ2v) is 1.07. The van der Waals surface area contributed by atoms with Crippen molar-refractivity contribution in [3.05, 3.63) is 12.7 Å². The first-order chi connectivity index (χ1) is 2.81. The summed E-state index contributed by atoms with van der Waals surface area (Å²) in [4.78, 5) is 3.81. The Bertz CT molecular complexity index is 72.0. The van der Waals surface area contributed by atoms with Gasteiger partial charge < -0.3 is 0 Å². The summed E-state index contributed by atoms with van der Waals surface area (Å²) in [5.41, 5.74) is 0.981. The fraction of sp³-hybridized carbons (Fsp3) is 0.400. The average Bonchev–Trinajstić information content (AvgIpc) is 1.65. The minimum atomic E-state index is 0.981. The summed E-state index contributed by atoms with van der Waals surface area (Å²) in [5, 5.41) is 0. The molecule has 0 aromatic rings. The number of hydrogen-bond acceptors (Lipinski definition) is 1. The number of rotatable bonds is 1. The van der Waals surface area contributed by atoms with E-state index >= 15 is 0 Å². The molecule has 6 heavy (non-hydrogen) atoms. The van der Waals surface area contributed by atoms with Gasteiger partial charge in [-0.2, -0.15) is 0 Å². The molecule has 0 heterocycles. The molecule has 0 saturated heterocycles. The Morgan fingerprint density at radius 3 is 2.33 bits per heavy atom. The summed E-state index contributed by atoms with van der Waals surface area (Å²) in [6, 6.07) is 0. The minimum absolute atomic E-state index is 0.981. The highest BCUT2D eigenvalue weighted by Crippen LogP contribution is 1.70. The molecule has 0 bridgehead atoms. The van der Waals surface area contributed by atoms with Crippen LogP contribution in [0.3, 0.4) is 0 Å². The van der Waals surface area contributed by atoms with E-state index in [-0.39, 0.29) is 0 Å². The van der Waals surface area contributed by atoms with E-state index in [4.69, 9.17) is 0 Å². The average molecular weight is 83.1 g/mol. The molecule has 0 rings (SSSR count). The fourth-order valence-electron chi connectivity index (χ4n) is 0.0913. The first-order valence-corrected chi connectivity index (χ1v) is 1.87. The van der Waals surface area contributed by atoms with E-state index in [1.54, 1.807) is 13.1 Å². The molecule has 0 aliphatic heterocycles. The number of hydrogen-bond donors (Lipinski definition) is 0. The lowest BCUT2D eigenvalue weighted by atomic mass is 10.4. The van der Waals surface area contributed by atoms with Crippen LogP contribution in [-0.2, 0) is 0 Å². The van der Waals surface area contributed by atoms with E-state index in [0.29, 0.717) is 0 Å². The van der Waals surface area contributed by atoms with Crippen LogP contribution in [0.1, 0.15) is 6.92 Å². The monoisotopic (exact) mass is 83.1 g/mol. The zero-order chi connectivity index (χ0) is 4.99. The standard InChI is InChI=1S/C5H9N/c1-4-5(2)6-3/h4H,1H2,2-3H3/b6-5+. The van der Waals surface area contributed by atoms with Crippen LogP contribution in [0.15, 0.2) is 17.6 Å². The third-order valence-electron chi connectivity index (χ3n) is 0.648. The molecular formula is C5H9N. The molecule has 0 spiro atoms. The molecular weight excluding hydrogens is 74.1 g/mol. The van der Waals surface area contributed by atoms with Crippen LogP contribution in [0, 0.1) is 0 Å². The van der Waals surface area contributed by atoms with Crippen LogP contribution in [-0.4, -0.2) is 12.8 Å². The topological polar surface area (TPSA) is 12.4 Å². The molecule has 0 aliphatic rings. The third kappa shape index (κ3) is 1.70. The van der Waals surface area contributed by atoms with Crippen LogP contribution in [0.25, 0.3) is 0 Å². The summed E-state index contributed by atoms with van der Waals surface area (Å²) >= 11 is 0. The van der Waals surface area contributed by atoms with Gasteiger partial charge in [0.15, 0.2) is 0 Å². The molecule has 0 radical (unpaired) electrons. The molecule has 0 N–H and O–H groups in total. The lowest BCUT2D eigenvalue weighted by Gasteiger charge is -1.78. The fourth-order valence-corrected chi connectivity index (χ4v) is 0.0913. The molecule has 1 heteroatoms. The summed E-state index contributed by atoms with van der Waals surface area (Å²) in [6.45, 7) is 5.41. The van der Waals surface area contributed by atoms with Crippen LogP contribution < -0.4 is 0 Å². The molecule has 0 saturated carbocycles. The summed E-state index contributed by atoms with van der Waals surface area (Å²) in [7, 11) is 1.75. The number of allylic oxidation sites excluding steroid dienone is 1. The van der Waals surface area contributed by atoms with E-state index in [9.17, 15) is 0 Å². The Morgan fingerprint density at radius 1 is 1.83 bits per heavy atom. The highest BCUT2D eigenvalue weighted by molar-refractivity contribution is 5.91. The van der Waals surface area contributed by atoms with E-state index in [0.717, 1.165) is 5.71 Å². The summed E-state index contributed by atoms with van der Waals surface area (Å²) in [5.74, 6) is 0. The van der Waals surface area contributed by atoms with Gasteiger partial charge in [-0.15, -0.1) is 0 Å². The van der Waals surface area contributed by atoms with Crippen molar-refractivity contribution >= 4 is 5.71 Å². The number of nitrogens with zero attached hydrogens (tertiary/aromatic N) is 1. The zero-order valence-electron chi connectivity index (χ0n) is 4.23. The quantitative estimate of drug-likeness (QED) is 0.423. The third-order valence-corrected chi connectivity index (χ3v) is 0.648. The van der Waals surface area contributed by atoms with Gasteiger partial charge in [0.1, 0.15) is 0 Å². The maximum absolute atomic E-state index is 3.81. The van der Waals surface area contributed by atoms with E-state index < -0.39 is 0 Å². The summed E-state index contributed by atoms with van der Waals surface area (Å²) in [6.07, 6.45) is 1.72. The van der Waals surface area contributed by atoms with Crippen molar-refractivity contribution in [2.45, 2.75) is 6.92 Å². The van der Waals surface area contributed by atoms with Crippen molar-refractivity contribution in [3.8, 4) is 0 Å². The minimum Gasteiger partial charge on any atom is -0.293 e. The highest BCUT2D eigenvalue weighted by atomic mass is 14.7. The van der Waals surface area contributed by atoms with Gasteiger partial charge in [-0.05, 0) is 13.0 Å². The first kappa shape index (κ1) is 5.41. The Labute approximate surface area is 38.4 Å². The molecule has 0 atom stereocenters. The molecule has 0 aromatic carbocycles. The van der Waals surface area contributed by atoms with E-state index in [1.165, 1.54) is 0 Å². The Hall–Kier alpha value is -0.590. The van der Waals surface area contributed by atoms with Crippen LogP contribution in [0.5, 0.6) is 0 Å². The Balaban J connectivity index is 3.50. The second kappa shape index (κ2) is 2.64. The van der Waals surface area contributed by atoms with E-state index in [2.05, 4.69) is 11.6 Å². The maximum Gasteiger partial charge on any atom is 0.0308 e. The predicted octanol–water partition coefficient (Wildman–Crippen LogP) is 1.26. The highest BCUT2D eigenvalue weighted by Gasteiger charge is 1.68. The van der Waals surface area contributed by atoms with Crippen LogP contribution in [0.4, 0.5) is 0 Å². The van der Waals surface area contributed by atoms with Gasteiger partial charge in [-0.3, -0.25) is 4.99 Å². The van der Waals surface area contributed by atoms with E-state index in [1.807, 2.05) is 6.92 Å². The van der Waals surface area contributed by atoms with Gasteiger partial charge in [0, 0.05) is 12.8 Å². The smallest absolute Gasteiger partial charge is 0.0308 e. The normalized spacial score (nSPS) is 11.3. The number of aliphatic imine (C=N–C) groups is 1. The van der Waals surface area contributed by atoms with Gasteiger partial charge in [0.25, 0.3) is 0 Å². The van der Waals surface area contributed by atoms with Crippen LogP contribution >= 0.6 is 0 Å². The lowest BCUT2D eigenvalue weighted by molar-refractivity contribution is 1.43. The molecule has 0 unspecified atom stereocenters. The van der Waals surface area contributed by atoms with Crippen molar-refractivity contribution in [2.24, 2.45) is 4.99 Å². The largest absolute Gasteiger partial charge is 0.293 e. The van der Waals surface area contributed by atoms with Gasteiger partial charge in [0.05, 0.1) is 0 Å². The van der Waals surface area contributed by atoms with Gasteiger partial charge >= 0.3 is 0 Å². The van der Waals surface area contributed by atoms with Crippen molar-refractivity contribution in [3.63, 3.8) is 0 Å². The molecule has 1 nitrogen and oxygen atoms in total. The van der Waals surface area contributed by atoms with Crippen molar-refractivity contribution in [1.29, 1.82) is 0 Å². The zero-order valence-corrected chi connectivity index (χ0v) is 4.23. The van der Waals surface area contributed by atoms with Crippen molar-refractivity contribution in [2.75, 3.05) is 7.05 Å².